The number of aromatic nitrogens is 2. The van der Waals surface area contributed by atoms with Gasteiger partial charge in [0.2, 0.25) is 0 Å². The van der Waals surface area contributed by atoms with Crippen LogP contribution in [0.1, 0.15) is 49.5 Å². The van der Waals surface area contributed by atoms with Gasteiger partial charge in [0.1, 0.15) is 17.3 Å². The highest BCUT2D eigenvalue weighted by molar-refractivity contribution is 5.37. The van der Waals surface area contributed by atoms with E-state index in [1.165, 1.54) is 6.07 Å². The van der Waals surface area contributed by atoms with Gasteiger partial charge in [0, 0.05) is 25.1 Å². The molecule has 2 aliphatic rings. The van der Waals surface area contributed by atoms with Crippen LogP contribution in [0.3, 0.4) is 0 Å². The van der Waals surface area contributed by atoms with Crippen molar-refractivity contribution in [2.45, 2.75) is 44.1 Å². The molecule has 0 bridgehead atoms. The molecule has 1 aliphatic heterocycles. The molecule has 0 radical (unpaired) electrons. The number of hydrogen-bond acceptors (Lipinski definition) is 4. The van der Waals surface area contributed by atoms with E-state index >= 15 is 0 Å². The summed E-state index contributed by atoms with van der Waals surface area (Å²) in [5.41, 5.74) is -0.188. The second-order valence-corrected chi connectivity index (χ2v) is 5.13. The number of anilines is 1. The molecule has 0 aromatic carbocycles. The minimum absolute atomic E-state index is 0.161. The Kier molecular flexibility index (Phi) is 3.59. The summed E-state index contributed by atoms with van der Waals surface area (Å²) in [4.78, 5) is 8.27. The van der Waals surface area contributed by atoms with Gasteiger partial charge in [-0.15, -0.1) is 0 Å². The Balaban J connectivity index is 1.71. The third kappa shape index (κ3) is 3.18. The fraction of sp³-hybridized carbons (Fsp3) is 0.692. The lowest BCUT2D eigenvalue weighted by Gasteiger charge is -2.13. The predicted octanol–water partition coefficient (Wildman–Crippen LogP) is 2.88. The first-order valence-corrected chi connectivity index (χ1v) is 6.75. The quantitative estimate of drug-likeness (QED) is 0.892. The van der Waals surface area contributed by atoms with Crippen molar-refractivity contribution in [3.8, 4) is 0 Å². The summed E-state index contributed by atoms with van der Waals surface area (Å²) in [5, 5.41) is 3.10. The van der Waals surface area contributed by atoms with Gasteiger partial charge in [-0.05, 0) is 25.7 Å². The molecule has 2 fully saturated rings. The van der Waals surface area contributed by atoms with Gasteiger partial charge in [0.25, 0.3) is 6.43 Å². The summed E-state index contributed by atoms with van der Waals surface area (Å²) >= 11 is 0. The lowest BCUT2D eigenvalue weighted by Crippen LogP contribution is -2.19. The lowest BCUT2D eigenvalue weighted by atomic mass is 10.2. The lowest BCUT2D eigenvalue weighted by molar-refractivity contribution is 0.120. The van der Waals surface area contributed by atoms with Crippen LogP contribution in [0.15, 0.2) is 6.07 Å². The third-order valence-corrected chi connectivity index (χ3v) is 3.46. The van der Waals surface area contributed by atoms with Gasteiger partial charge in [-0.2, -0.15) is 0 Å². The molecule has 104 valence electrons. The topological polar surface area (TPSA) is 47.0 Å². The van der Waals surface area contributed by atoms with Crippen molar-refractivity contribution in [3.05, 3.63) is 17.6 Å². The maximum Gasteiger partial charge on any atom is 0.280 e. The zero-order chi connectivity index (χ0) is 13.2. The molecule has 1 aromatic rings. The van der Waals surface area contributed by atoms with Gasteiger partial charge in [-0.1, -0.05) is 0 Å². The van der Waals surface area contributed by atoms with Crippen molar-refractivity contribution in [1.82, 2.24) is 9.97 Å². The summed E-state index contributed by atoms with van der Waals surface area (Å²) in [6.07, 6.45) is 1.68. The second-order valence-electron chi connectivity index (χ2n) is 5.13. The SMILES string of the molecule is FC(F)c1cc(NCC2CCCO2)nc(C2CC2)n1. The second kappa shape index (κ2) is 5.36. The third-order valence-electron chi connectivity index (χ3n) is 3.46. The van der Waals surface area contributed by atoms with Gasteiger partial charge in [0.05, 0.1) is 6.10 Å². The molecular formula is C13H17F2N3O. The van der Waals surface area contributed by atoms with Crippen LogP contribution in [0.2, 0.25) is 0 Å². The molecule has 1 N–H and O–H groups in total. The number of ether oxygens (including phenoxy) is 1. The standard InChI is InChI=1S/C13H17F2N3O/c14-12(15)10-6-11(16-7-9-2-1-5-19-9)18-13(17-10)8-3-4-8/h6,8-9,12H,1-5,7H2,(H,16,17,18). The van der Waals surface area contributed by atoms with Crippen LogP contribution in [-0.4, -0.2) is 29.2 Å². The first-order valence-electron chi connectivity index (χ1n) is 6.75. The van der Waals surface area contributed by atoms with Crippen molar-refractivity contribution in [1.29, 1.82) is 0 Å². The number of nitrogens with zero attached hydrogens (tertiary/aromatic N) is 2. The summed E-state index contributed by atoms with van der Waals surface area (Å²) < 4.78 is 31.1. The Morgan fingerprint density at radius 1 is 1.32 bits per heavy atom. The molecule has 1 aliphatic carbocycles. The fourth-order valence-corrected chi connectivity index (χ4v) is 2.24. The number of rotatable bonds is 5. The first kappa shape index (κ1) is 12.7. The van der Waals surface area contributed by atoms with E-state index in [1.54, 1.807) is 0 Å². The van der Waals surface area contributed by atoms with E-state index in [1.807, 2.05) is 0 Å². The molecule has 0 spiro atoms. The van der Waals surface area contributed by atoms with Gasteiger partial charge in [0.15, 0.2) is 0 Å². The molecular weight excluding hydrogens is 252 g/mol. The van der Waals surface area contributed by atoms with Crippen LogP contribution in [0, 0.1) is 0 Å². The fourth-order valence-electron chi connectivity index (χ4n) is 2.24. The van der Waals surface area contributed by atoms with Crippen LogP contribution >= 0.6 is 0 Å². The summed E-state index contributed by atoms with van der Waals surface area (Å²) in [7, 11) is 0. The van der Waals surface area contributed by atoms with E-state index in [2.05, 4.69) is 15.3 Å². The van der Waals surface area contributed by atoms with E-state index in [-0.39, 0.29) is 17.7 Å². The van der Waals surface area contributed by atoms with Crippen LogP contribution in [0.5, 0.6) is 0 Å². The average Bonchev–Trinajstić information content (AvgIpc) is 3.13. The van der Waals surface area contributed by atoms with Gasteiger partial charge >= 0.3 is 0 Å². The normalized spacial score (nSPS) is 23.0. The molecule has 1 unspecified atom stereocenters. The van der Waals surface area contributed by atoms with Crippen molar-refractivity contribution in [2.24, 2.45) is 0 Å². The Labute approximate surface area is 110 Å². The molecule has 1 aromatic heterocycles. The Morgan fingerprint density at radius 3 is 2.79 bits per heavy atom. The van der Waals surface area contributed by atoms with E-state index in [0.29, 0.717) is 18.2 Å². The zero-order valence-electron chi connectivity index (χ0n) is 10.6. The van der Waals surface area contributed by atoms with Crippen molar-refractivity contribution in [2.75, 3.05) is 18.5 Å². The van der Waals surface area contributed by atoms with Crippen LogP contribution in [0.4, 0.5) is 14.6 Å². The Morgan fingerprint density at radius 2 is 2.16 bits per heavy atom. The number of alkyl halides is 2. The van der Waals surface area contributed by atoms with E-state index in [9.17, 15) is 8.78 Å². The maximum atomic E-state index is 12.8. The number of nitrogens with one attached hydrogen (secondary N) is 1. The Hall–Kier alpha value is -1.30. The van der Waals surface area contributed by atoms with E-state index < -0.39 is 6.43 Å². The number of halogens is 2. The van der Waals surface area contributed by atoms with Crippen LogP contribution in [0.25, 0.3) is 0 Å². The molecule has 2 heterocycles. The highest BCUT2D eigenvalue weighted by atomic mass is 19.3. The molecule has 1 saturated heterocycles. The van der Waals surface area contributed by atoms with Crippen LogP contribution in [-0.2, 0) is 4.74 Å². The molecule has 19 heavy (non-hydrogen) atoms. The number of hydrogen-bond donors (Lipinski definition) is 1. The maximum absolute atomic E-state index is 12.8. The van der Waals surface area contributed by atoms with E-state index in [0.717, 1.165) is 32.3 Å². The molecule has 4 nitrogen and oxygen atoms in total. The van der Waals surface area contributed by atoms with Crippen molar-refractivity contribution >= 4 is 5.82 Å². The largest absolute Gasteiger partial charge is 0.376 e. The highest BCUT2D eigenvalue weighted by Crippen LogP contribution is 2.39. The first-order chi connectivity index (χ1) is 9.22. The van der Waals surface area contributed by atoms with Crippen molar-refractivity contribution < 1.29 is 13.5 Å². The molecule has 1 atom stereocenters. The highest BCUT2D eigenvalue weighted by Gasteiger charge is 2.28. The monoisotopic (exact) mass is 269 g/mol. The smallest absolute Gasteiger partial charge is 0.280 e. The average molecular weight is 269 g/mol. The zero-order valence-corrected chi connectivity index (χ0v) is 10.6. The predicted molar refractivity (Wildman–Crippen MR) is 66.4 cm³/mol. The molecule has 1 saturated carbocycles. The van der Waals surface area contributed by atoms with Gasteiger partial charge in [-0.3, -0.25) is 0 Å². The molecule has 0 amide bonds. The van der Waals surface area contributed by atoms with Crippen molar-refractivity contribution in [3.63, 3.8) is 0 Å². The summed E-state index contributed by atoms with van der Waals surface area (Å²) in [5.74, 6) is 1.30. The summed E-state index contributed by atoms with van der Waals surface area (Å²) in [6, 6.07) is 1.34. The summed E-state index contributed by atoms with van der Waals surface area (Å²) in [6.45, 7) is 1.40. The van der Waals surface area contributed by atoms with E-state index in [4.69, 9.17) is 4.74 Å². The van der Waals surface area contributed by atoms with Gasteiger partial charge < -0.3 is 10.1 Å². The molecule has 6 heteroatoms. The Bertz CT molecular complexity index is 425. The van der Waals surface area contributed by atoms with Gasteiger partial charge in [-0.25, -0.2) is 18.7 Å². The molecule has 3 rings (SSSR count). The minimum atomic E-state index is -2.55. The van der Waals surface area contributed by atoms with Crippen LogP contribution < -0.4 is 5.32 Å². The minimum Gasteiger partial charge on any atom is -0.376 e.